The number of aromatic nitrogens is 1. The number of nitro benzene ring substituents is 1. The SMILES string of the molecule is CNc1ccnc(COc2cc(F)c(Br)cc2[N+](=O)[O-])c1. The van der Waals surface area contributed by atoms with E-state index in [1.165, 1.54) is 0 Å². The number of nitrogens with zero attached hydrogens (tertiary/aromatic N) is 2. The normalized spacial score (nSPS) is 10.2. The summed E-state index contributed by atoms with van der Waals surface area (Å²) in [7, 11) is 1.76. The Morgan fingerprint density at radius 3 is 2.90 bits per heavy atom. The molecule has 110 valence electrons. The Morgan fingerprint density at radius 1 is 1.48 bits per heavy atom. The minimum Gasteiger partial charge on any atom is -0.480 e. The van der Waals surface area contributed by atoms with E-state index < -0.39 is 10.7 Å². The van der Waals surface area contributed by atoms with Gasteiger partial charge in [0.05, 0.1) is 15.1 Å². The molecule has 0 radical (unpaired) electrons. The van der Waals surface area contributed by atoms with Gasteiger partial charge < -0.3 is 10.1 Å². The Bertz CT molecular complexity index is 682. The molecule has 1 N–H and O–H groups in total. The average molecular weight is 356 g/mol. The molecule has 0 spiro atoms. The number of anilines is 1. The lowest BCUT2D eigenvalue weighted by atomic mass is 10.3. The summed E-state index contributed by atoms with van der Waals surface area (Å²) in [6, 6.07) is 5.55. The molecule has 0 unspecified atom stereocenters. The highest BCUT2D eigenvalue weighted by Gasteiger charge is 2.19. The van der Waals surface area contributed by atoms with E-state index in [-0.39, 0.29) is 22.5 Å². The third-order valence-electron chi connectivity index (χ3n) is 2.68. The molecule has 21 heavy (non-hydrogen) atoms. The minimum atomic E-state index is -0.632. The molecule has 2 aromatic rings. The van der Waals surface area contributed by atoms with Crippen molar-refractivity contribution in [1.29, 1.82) is 0 Å². The molecule has 0 bridgehead atoms. The molecule has 0 saturated heterocycles. The first-order valence-electron chi connectivity index (χ1n) is 5.90. The van der Waals surface area contributed by atoms with Crippen molar-refractivity contribution in [2.45, 2.75) is 6.61 Å². The van der Waals surface area contributed by atoms with Crippen LogP contribution in [0.3, 0.4) is 0 Å². The number of benzene rings is 1. The van der Waals surface area contributed by atoms with E-state index in [0.717, 1.165) is 17.8 Å². The second-order valence-corrected chi connectivity index (χ2v) is 4.92. The second kappa shape index (κ2) is 6.49. The van der Waals surface area contributed by atoms with Crippen molar-refractivity contribution in [1.82, 2.24) is 4.98 Å². The highest BCUT2D eigenvalue weighted by atomic mass is 79.9. The van der Waals surface area contributed by atoms with Crippen LogP contribution in [0.25, 0.3) is 0 Å². The Balaban J connectivity index is 2.22. The maximum atomic E-state index is 13.5. The second-order valence-electron chi connectivity index (χ2n) is 4.07. The fourth-order valence-corrected chi connectivity index (χ4v) is 1.97. The number of ether oxygens (including phenoxy) is 1. The molecule has 0 amide bonds. The lowest BCUT2D eigenvalue weighted by Crippen LogP contribution is -2.02. The van der Waals surface area contributed by atoms with Crippen LogP contribution < -0.4 is 10.1 Å². The predicted molar refractivity (Wildman–Crippen MR) is 78.9 cm³/mol. The first-order chi connectivity index (χ1) is 10.0. The molecule has 6 nitrogen and oxygen atoms in total. The molecule has 0 atom stereocenters. The van der Waals surface area contributed by atoms with Gasteiger partial charge in [0.15, 0.2) is 0 Å². The Kier molecular flexibility index (Phi) is 4.69. The third-order valence-corrected chi connectivity index (χ3v) is 3.29. The smallest absolute Gasteiger partial charge is 0.312 e. The molecule has 0 aliphatic carbocycles. The number of halogens is 2. The summed E-state index contributed by atoms with van der Waals surface area (Å²) in [6.45, 7) is -0.00255. The first kappa shape index (κ1) is 15.2. The average Bonchev–Trinajstić information content (AvgIpc) is 2.48. The molecule has 1 aromatic carbocycles. The largest absolute Gasteiger partial charge is 0.480 e. The van der Waals surface area contributed by atoms with E-state index in [1.807, 2.05) is 0 Å². The maximum Gasteiger partial charge on any atom is 0.312 e. The van der Waals surface area contributed by atoms with Crippen LogP contribution >= 0.6 is 15.9 Å². The summed E-state index contributed by atoms with van der Waals surface area (Å²) in [5, 5.41) is 13.9. The van der Waals surface area contributed by atoms with E-state index in [9.17, 15) is 14.5 Å². The van der Waals surface area contributed by atoms with Crippen LogP contribution in [0.2, 0.25) is 0 Å². The first-order valence-corrected chi connectivity index (χ1v) is 6.69. The number of nitro groups is 1. The summed E-state index contributed by atoms with van der Waals surface area (Å²) >= 11 is 2.91. The predicted octanol–water partition coefficient (Wildman–Crippen LogP) is 3.51. The molecule has 1 heterocycles. The molecular formula is C13H11BrFN3O3. The molecule has 0 aliphatic rings. The summed E-state index contributed by atoms with van der Waals surface area (Å²) < 4.78 is 18.8. The van der Waals surface area contributed by atoms with Crippen molar-refractivity contribution in [2.75, 3.05) is 12.4 Å². The zero-order valence-corrected chi connectivity index (χ0v) is 12.6. The lowest BCUT2D eigenvalue weighted by Gasteiger charge is -2.08. The standard InChI is InChI=1S/C13H11BrFN3O3/c1-16-8-2-3-17-9(4-8)7-21-13-6-11(15)10(14)5-12(13)18(19)20/h2-6H,7H2,1H3,(H,16,17). The van der Waals surface area contributed by atoms with Gasteiger partial charge in [-0.05, 0) is 28.1 Å². The van der Waals surface area contributed by atoms with Crippen LogP contribution in [0.4, 0.5) is 15.8 Å². The monoisotopic (exact) mass is 355 g/mol. The van der Waals surface area contributed by atoms with Crippen LogP contribution in [0.5, 0.6) is 5.75 Å². The number of pyridine rings is 1. The zero-order chi connectivity index (χ0) is 15.4. The number of hydrogen-bond acceptors (Lipinski definition) is 5. The molecule has 2 rings (SSSR count). The summed E-state index contributed by atoms with van der Waals surface area (Å²) in [5.41, 5.74) is 1.09. The van der Waals surface area contributed by atoms with E-state index in [4.69, 9.17) is 4.74 Å². The fourth-order valence-electron chi connectivity index (χ4n) is 1.64. The lowest BCUT2D eigenvalue weighted by molar-refractivity contribution is -0.386. The van der Waals surface area contributed by atoms with E-state index in [0.29, 0.717) is 5.69 Å². The van der Waals surface area contributed by atoms with Gasteiger partial charge >= 0.3 is 5.69 Å². The van der Waals surface area contributed by atoms with Gasteiger partial charge in [-0.3, -0.25) is 15.1 Å². The number of hydrogen-bond donors (Lipinski definition) is 1. The van der Waals surface area contributed by atoms with Gasteiger partial charge in [-0.25, -0.2) is 4.39 Å². The van der Waals surface area contributed by atoms with Crippen LogP contribution in [-0.4, -0.2) is 17.0 Å². The van der Waals surface area contributed by atoms with Crippen LogP contribution in [0.15, 0.2) is 34.9 Å². The summed E-state index contributed by atoms with van der Waals surface area (Å²) in [6.07, 6.45) is 1.58. The molecular weight excluding hydrogens is 345 g/mol. The van der Waals surface area contributed by atoms with Crippen molar-refractivity contribution in [3.05, 3.63) is 56.6 Å². The zero-order valence-electron chi connectivity index (χ0n) is 11.0. The van der Waals surface area contributed by atoms with Crippen molar-refractivity contribution >= 4 is 27.3 Å². The highest BCUT2D eigenvalue weighted by Crippen LogP contribution is 2.32. The molecule has 8 heteroatoms. The molecule has 0 aliphatic heterocycles. The van der Waals surface area contributed by atoms with Gasteiger partial charge in [0.2, 0.25) is 5.75 Å². The van der Waals surface area contributed by atoms with Gasteiger partial charge in [0, 0.05) is 31.1 Å². The topological polar surface area (TPSA) is 77.3 Å². The highest BCUT2D eigenvalue weighted by molar-refractivity contribution is 9.10. The summed E-state index contributed by atoms with van der Waals surface area (Å²) in [4.78, 5) is 14.4. The van der Waals surface area contributed by atoms with Gasteiger partial charge in [-0.1, -0.05) is 0 Å². The maximum absolute atomic E-state index is 13.5. The van der Waals surface area contributed by atoms with Gasteiger partial charge in [0.1, 0.15) is 12.4 Å². The molecule has 1 aromatic heterocycles. The van der Waals surface area contributed by atoms with Crippen molar-refractivity contribution in [3.8, 4) is 5.75 Å². The Hall–Kier alpha value is -2.22. The van der Waals surface area contributed by atoms with E-state index >= 15 is 0 Å². The Morgan fingerprint density at radius 2 is 2.24 bits per heavy atom. The number of rotatable bonds is 5. The van der Waals surface area contributed by atoms with Gasteiger partial charge in [0.25, 0.3) is 0 Å². The van der Waals surface area contributed by atoms with Crippen molar-refractivity contribution in [3.63, 3.8) is 0 Å². The molecule has 0 fully saturated rings. The molecule has 0 saturated carbocycles. The van der Waals surface area contributed by atoms with E-state index in [1.54, 1.807) is 25.4 Å². The van der Waals surface area contributed by atoms with Gasteiger partial charge in [-0.2, -0.15) is 0 Å². The number of nitrogens with one attached hydrogen (secondary N) is 1. The summed E-state index contributed by atoms with van der Waals surface area (Å²) in [5.74, 6) is -0.773. The van der Waals surface area contributed by atoms with Gasteiger partial charge in [-0.15, -0.1) is 0 Å². The third kappa shape index (κ3) is 3.66. The van der Waals surface area contributed by atoms with Crippen molar-refractivity contribution in [2.24, 2.45) is 0 Å². The quantitative estimate of drug-likeness (QED) is 0.655. The van der Waals surface area contributed by atoms with Crippen LogP contribution in [0.1, 0.15) is 5.69 Å². The van der Waals surface area contributed by atoms with Crippen LogP contribution in [0, 0.1) is 15.9 Å². The van der Waals surface area contributed by atoms with Crippen LogP contribution in [-0.2, 0) is 6.61 Å². The van der Waals surface area contributed by atoms with E-state index in [2.05, 4.69) is 26.2 Å². The van der Waals surface area contributed by atoms with Crippen molar-refractivity contribution < 1.29 is 14.1 Å². The Labute approximate surface area is 128 Å². The minimum absolute atomic E-state index is 0.00255. The fraction of sp³-hybridized carbons (Fsp3) is 0.154.